The Morgan fingerprint density at radius 1 is 1.80 bits per heavy atom. The molecule has 4 nitrogen and oxygen atoms in total. The summed E-state index contributed by atoms with van der Waals surface area (Å²) in [6.07, 6.45) is 3.87. The van der Waals surface area contributed by atoms with Gasteiger partial charge in [0.25, 0.3) is 0 Å². The van der Waals surface area contributed by atoms with Crippen LogP contribution in [0.5, 0.6) is 0 Å². The zero-order chi connectivity index (χ0) is 10.7. The Morgan fingerprint density at radius 2 is 2.67 bits per heavy atom. The average Bonchev–Trinajstić information content (AvgIpc) is 2.84. The summed E-state index contributed by atoms with van der Waals surface area (Å²) in [4.78, 5) is 17.0. The molecule has 1 atom stereocenters. The van der Waals surface area contributed by atoms with E-state index in [1.807, 2.05) is 13.1 Å². The highest BCUT2D eigenvalue weighted by atomic mass is 32.1. The Morgan fingerprint density at radius 3 is 3.27 bits per heavy atom. The molecule has 0 radical (unpaired) electrons. The van der Waals surface area contributed by atoms with Gasteiger partial charge in [-0.3, -0.25) is 4.79 Å². The van der Waals surface area contributed by atoms with Gasteiger partial charge >= 0.3 is 0 Å². The van der Waals surface area contributed by atoms with Crippen molar-refractivity contribution in [2.75, 3.05) is 6.54 Å². The van der Waals surface area contributed by atoms with Gasteiger partial charge < -0.3 is 10.6 Å². The molecule has 0 aliphatic carbocycles. The van der Waals surface area contributed by atoms with E-state index in [1.54, 1.807) is 11.3 Å². The maximum Gasteiger partial charge on any atom is 0.237 e. The summed E-state index contributed by atoms with van der Waals surface area (Å²) in [5.74, 6) is 0.0975. The second-order valence-corrected chi connectivity index (χ2v) is 5.05. The van der Waals surface area contributed by atoms with Crippen LogP contribution in [0.2, 0.25) is 0 Å². The Labute approximate surface area is 93.1 Å². The number of rotatable bonds is 3. The lowest BCUT2D eigenvalue weighted by atomic mass is 10.2. The van der Waals surface area contributed by atoms with Crippen LogP contribution >= 0.6 is 11.3 Å². The molecule has 15 heavy (non-hydrogen) atoms. The van der Waals surface area contributed by atoms with Gasteiger partial charge in [0.05, 0.1) is 12.6 Å². The average molecular weight is 225 g/mol. The number of carbonyl (C=O) groups is 1. The van der Waals surface area contributed by atoms with Gasteiger partial charge in [0, 0.05) is 11.1 Å². The monoisotopic (exact) mass is 225 g/mol. The summed E-state index contributed by atoms with van der Waals surface area (Å²) in [6.45, 7) is 3.52. The molecule has 1 aromatic heterocycles. The van der Waals surface area contributed by atoms with Crippen LogP contribution in [0.3, 0.4) is 0 Å². The highest BCUT2D eigenvalue weighted by Crippen LogP contribution is 2.11. The highest BCUT2D eigenvalue weighted by Gasteiger charge is 2.21. The largest absolute Gasteiger partial charge is 0.348 e. The molecule has 0 aromatic carbocycles. The van der Waals surface area contributed by atoms with E-state index < -0.39 is 0 Å². The smallest absolute Gasteiger partial charge is 0.237 e. The number of aryl methyl sites for hydroxylation is 1. The van der Waals surface area contributed by atoms with E-state index in [1.165, 1.54) is 4.88 Å². The molecule has 1 aliphatic rings. The fourth-order valence-electron chi connectivity index (χ4n) is 1.68. The normalized spacial score (nSPS) is 20.5. The van der Waals surface area contributed by atoms with Crippen LogP contribution in [0.25, 0.3) is 0 Å². The number of amides is 1. The van der Waals surface area contributed by atoms with Crippen LogP contribution < -0.4 is 10.6 Å². The third-order valence-electron chi connectivity index (χ3n) is 2.46. The predicted octanol–water partition coefficient (Wildman–Crippen LogP) is 0.820. The fraction of sp³-hybridized carbons (Fsp3) is 0.600. The predicted molar refractivity (Wildman–Crippen MR) is 59.7 cm³/mol. The van der Waals surface area contributed by atoms with Crippen LogP contribution in [0, 0.1) is 6.92 Å². The minimum Gasteiger partial charge on any atom is -0.348 e. The number of aromatic nitrogens is 1. The number of carbonyl (C=O) groups excluding carboxylic acids is 1. The first-order valence-electron chi connectivity index (χ1n) is 5.18. The van der Waals surface area contributed by atoms with Gasteiger partial charge in [-0.1, -0.05) is 0 Å². The minimum atomic E-state index is 0.00561. The molecule has 1 fully saturated rings. The zero-order valence-electron chi connectivity index (χ0n) is 8.75. The molecule has 2 N–H and O–H groups in total. The van der Waals surface area contributed by atoms with Crippen molar-refractivity contribution in [1.29, 1.82) is 0 Å². The molecular weight excluding hydrogens is 210 g/mol. The van der Waals surface area contributed by atoms with E-state index in [0.717, 1.165) is 24.4 Å². The van der Waals surface area contributed by atoms with E-state index in [0.29, 0.717) is 6.54 Å². The van der Waals surface area contributed by atoms with Crippen molar-refractivity contribution in [2.24, 2.45) is 0 Å². The lowest BCUT2D eigenvalue weighted by Crippen LogP contribution is -2.39. The van der Waals surface area contributed by atoms with Crippen LogP contribution in [-0.2, 0) is 11.3 Å². The standard InChI is InChI=1S/C10H15N3OS/c1-7-5-12-9(15-7)6-13-10(14)8-3-2-4-11-8/h5,8,11H,2-4,6H2,1H3,(H,13,14)/t8-/m1/s1. The van der Waals surface area contributed by atoms with Gasteiger partial charge in [0.2, 0.25) is 5.91 Å². The van der Waals surface area contributed by atoms with E-state index in [-0.39, 0.29) is 11.9 Å². The fourth-order valence-corrected chi connectivity index (χ4v) is 2.40. The lowest BCUT2D eigenvalue weighted by Gasteiger charge is -2.09. The Kier molecular flexibility index (Phi) is 3.33. The van der Waals surface area contributed by atoms with Crippen LogP contribution in [0.4, 0.5) is 0 Å². The summed E-state index contributed by atoms with van der Waals surface area (Å²) >= 11 is 1.63. The maximum absolute atomic E-state index is 11.6. The van der Waals surface area contributed by atoms with Crippen molar-refractivity contribution >= 4 is 17.2 Å². The molecule has 1 aromatic rings. The van der Waals surface area contributed by atoms with E-state index >= 15 is 0 Å². The van der Waals surface area contributed by atoms with Crippen LogP contribution in [-0.4, -0.2) is 23.5 Å². The summed E-state index contributed by atoms with van der Waals surface area (Å²) in [5, 5.41) is 7.04. The van der Waals surface area contributed by atoms with Gasteiger partial charge in [-0.05, 0) is 26.3 Å². The molecule has 5 heteroatoms. The van der Waals surface area contributed by atoms with Gasteiger partial charge in [0.15, 0.2) is 0 Å². The molecule has 82 valence electrons. The molecule has 2 heterocycles. The summed E-state index contributed by atoms with van der Waals surface area (Å²) in [7, 11) is 0. The number of hydrogen-bond acceptors (Lipinski definition) is 4. The number of thiazole rings is 1. The molecule has 1 saturated heterocycles. The second kappa shape index (κ2) is 4.72. The topological polar surface area (TPSA) is 54.0 Å². The van der Waals surface area contributed by atoms with E-state index in [9.17, 15) is 4.79 Å². The Hall–Kier alpha value is -0.940. The molecule has 1 aliphatic heterocycles. The Bertz CT molecular complexity index is 344. The number of nitrogens with one attached hydrogen (secondary N) is 2. The molecular formula is C10H15N3OS. The molecule has 0 saturated carbocycles. The van der Waals surface area contributed by atoms with Gasteiger partial charge in [-0.15, -0.1) is 11.3 Å². The quantitative estimate of drug-likeness (QED) is 0.801. The molecule has 1 amide bonds. The van der Waals surface area contributed by atoms with Crippen molar-refractivity contribution in [3.05, 3.63) is 16.1 Å². The molecule has 0 unspecified atom stereocenters. The molecule has 0 bridgehead atoms. The summed E-state index contributed by atoms with van der Waals surface area (Å²) < 4.78 is 0. The minimum absolute atomic E-state index is 0.00561. The van der Waals surface area contributed by atoms with Crippen molar-refractivity contribution < 1.29 is 4.79 Å². The third-order valence-corrected chi connectivity index (χ3v) is 3.37. The van der Waals surface area contributed by atoms with E-state index in [2.05, 4.69) is 15.6 Å². The van der Waals surface area contributed by atoms with Gasteiger partial charge in [-0.25, -0.2) is 4.98 Å². The highest BCUT2D eigenvalue weighted by molar-refractivity contribution is 7.11. The van der Waals surface area contributed by atoms with Crippen LogP contribution in [0.1, 0.15) is 22.7 Å². The van der Waals surface area contributed by atoms with E-state index in [4.69, 9.17) is 0 Å². The maximum atomic E-state index is 11.6. The van der Waals surface area contributed by atoms with Gasteiger partial charge in [0.1, 0.15) is 5.01 Å². The summed E-state index contributed by atoms with van der Waals surface area (Å²) in [6, 6.07) is 0.00561. The number of hydrogen-bond donors (Lipinski definition) is 2. The van der Waals surface area contributed by atoms with Crippen molar-refractivity contribution in [1.82, 2.24) is 15.6 Å². The lowest BCUT2D eigenvalue weighted by molar-refractivity contribution is -0.122. The first kappa shape index (κ1) is 10.6. The molecule has 2 rings (SSSR count). The number of nitrogens with zero attached hydrogens (tertiary/aromatic N) is 1. The molecule has 0 spiro atoms. The first-order valence-corrected chi connectivity index (χ1v) is 6.00. The second-order valence-electron chi connectivity index (χ2n) is 3.73. The first-order chi connectivity index (χ1) is 7.25. The Balaban J connectivity index is 1.80. The SMILES string of the molecule is Cc1cnc(CNC(=O)[C@H]2CCCN2)s1. The third kappa shape index (κ3) is 2.76. The zero-order valence-corrected chi connectivity index (χ0v) is 9.56. The van der Waals surface area contributed by atoms with Gasteiger partial charge in [-0.2, -0.15) is 0 Å². The van der Waals surface area contributed by atoms with Crippen molar-refractivity contribution in [2.45, 2.75) is 32.4 Å². The van der Waals surface area contributed by atoms with Crippen molar-refractivity contribution in [3.63, 3.8) is 0 Å². The van der Waals surface area contributed by atoms with Crippen molar-refractivity contribution in [3.8, 4) is 0 Å². The van der Waals surface area contributed by atoms with Crippen LogP contribution in [0.15, 0.2) is 6.20 Å². The summed E-state index contributed by atoms with van der Waals surface area (Å²) in [5.41, 5.74) is 0.